The van der Waals surface area contributed by atoms with Crippen LogP contribution in [0.1, 0.15) is 60.2 Å². The van der Waals surface area contributed by atoms with Crippen LogP contribution in [0.2, 0.25) is 0 Å². The second-order valence-electron chi connectivity index (χ2n) is 9.36. The number of benzene rings is 3. The van der Waals surface area contributed by atoms with Gasteiger partial charge in [-0.15, -0.1) is 0 Å². The molecule has 0 atom stereocenters. The Morgan fingerprint density at radius 1 is 1.00 bits per heavy atom. The zero-order valence-electron chi connectivity index (χ0n) is 21.6. The highest BCUT2D eigenvalue weighted by Gasteiger charge is 2.19. The summed E-state index contributed by atoms with van der Waals surface area (Å²) in [7, 11) is 0. The second-order valence-corrected chi connectivity index (χ2v) is 10.4. The summed E-state index contributed by atoms with van der Waals surface area (Å²) in [5.74, 6) is -0.0209. The van der Waals surface area contributed by atoms with E-state index in [1.807, 2.05) is 19.1 Å². The number of fused-ring (bicyclic) bond motifs is 2. The van der Waals surface area contributed by atoms with Crippen molar-refractivity contribution in [3.63, 3.8) is 0 Å². The second kappa shape index (κ2) is 12.8. The summed E-state index contributed by atoms with van der Waals surface area (Å²) in [6.45, 7) is 10.1. The third kappa shape index (κ3) is 6.80. The van der Waals surface area contributed by atoms with Gasteiger partial charge in [0.1, 0.15) is 0 Å². The van der Waals surface area contributed by atoms with E-state index in [1.165, 1.54) is 34.4 Å². The molecule has 1 aliphatic rings. The standard InChI is InChI=1S/C31H37N3OS/c1-4-6-18-34(22-24-11-8-7-9-12-24)19-10-17-32-31(35)25-14-16-30-28(21-25)33-27(5-2)26-20-23(3)13-15-29(26)36-30/h5,7-9,11-16,20-21,33H,4,6,10,17-19,22H2,1-3H3,(H,32,35). The smallest absolute Gasteiger partial charge is 0.251 e. The normalized spacial score (nSPS) is 13.6. The predicted octanol–water partition coefficient (Wildman–Crippen LogP) is 7.35. The van der Waals surface area contributed by atoms with Crippen LogP contribution in [0.25, 0.3) is 5.70 Å². The molecule has 0 fully saturated rings. The van der Waals surface area contributed by atoms with E-state index in [-0.39, 0.29) is 5.91 Å². The van der Waals surface area contributed by atoms with Gasteiger partial charge in [0.2, 0.25) is 0 Å². The minimum atomic E-state index is -0.0209. The topological polar surface area (TPSA) is 44.4 Å². The van der Waals surface area contributed by atoms with E-state index < -0.39 is 0 Å². The van der Waals surface area contributed by atoms with Gasteiger partial charge >= 0.3 is 0 Å². The first-order chi connectivity index (χ1) is 17.6. The summed E-state index contributed by atoms with van der Waals surface area (Å²) < 4.78 is 0. The lowest BCUT2D eigenvalue weighted by Crippen LogP contribution is -2.30. The molecule has 2 N–H and O–H groups in total. The summed E-state index contributed by atoms with van der Waals surface area (Å²) in [6, 6.07) is 23.1. The average Bonchev–Trinajstić information content (AvgIpc) is 3.05. The number of unbranched alkanes of at least 4 members (excludes halogenated alkanes) is 1. The number of aryl methyl sites for hydroxylation is 1. The molecule has 0 unspecified atom stereocenters. The molecule has 1 aliphatic heterocycles. The molecular formula is C31H37N3OS. The maximum Gasteiger partial charge on any atom is 0.251 e. The zero-order chi connectivity index (χ0) is 25.3. The van der Waals surface area contributed by atoms with Crippen molar-refractivity contribution in [1.29, 1.82) is 0 Å². The fourth-order valence-electron chi connectivity index (χ4n) is 4.46. The molecule has 36 heavy (non-hydrogen) atoms. The van der Waals surface area contributed by atoms with Crippen LogP contribution in [0, 0.1) is 6.92 Å². The quantitative estimate of drug-likeness (QED) is 0.286. The third-order valence-electron chi connectivity index (χ3n) is 6.46. The molecule has 0 aliphatic carbocycles. The van der Waals surface area contributed by atoms with Gasteiger partial charge < -0.3 is 10.6 Å². The molecule has 3 aromatic carbocycles. The van der Waals surface area contributed by atoms with Crippen LogP contribution in [0.3, 0.4) is 0 Å². The average molecular weight is 500 g/mol. The Morgan fingerprint density at radius 2 is 1.78 bits per heavy atom. The van der Waals surface area contributed by atoms with Crippen LogP contribution in [0.4, 0.5) is 5.69 Å². The Hall–Kier alpha value is -3.02. The van der Waals surface area contributed by atoms with Gasteiger partial charge in [0.05, 0.1) is 5.69 Å². The van der Waals surface area contributed by atoms with Crippen molar-refractivity contribution in [3.8, 4) is 0 Å². The van der Waals surface area contributed by atoms with Crippen molar-refractivity contribution in [2.45, 2.75) is 56.4 Å². The first kappa shape index (κ1) is 26.1. The van der Waals surface area contributed by atoms with Crippen molar-refractivity contribution in [2.24, 2.45) is 0 Å². The maximum atomic E-state index is 13.0. The summed E-state index contributed by atoms with van der Waals surface area (Å²) >= 11 is 1.74. The van der Waals surface area contributed by atoms with Gasteiger partial charge in [-0.2, -0.15) is 0 Å². The lowest BCUT2D eigenvalue weighted by atomic mass is 10.1. The molecule has 3 aromatic rings. The molecule has 0 radical (unpaired) electrons. The highest BCUT2D eigenvalue weighted by atomic mass is 32.2. The Balaban J connectivity index is 1.35. The van der Waals surface area contributed by atoms with Crippen molar-refractivity contribution in [3.05, 3.63) is 95.1 Å². The Labute approximate surface area is 220 Å². The van der Waals surface area contributed by atoms with E-state index in [1.54, 1.807) is 11.8 Å². The molecule has 188 valence electrons. The van der Waals surface area contributed by atoms with E-state index in [2.05, 4.69) is 90.1 Å². The molecule has 1 heterocycles. The van der Waals surface area contributed by atoms with E-state index in [9.17, 15) is 4.79 Å². The summed E-state index contributed by atoms with van der Waals surface area (Å²) in [5, 5.41) is 6.70. The fourth-order valence-corrected chi connectivity index (χ4v) is 5.47. The number of amides is 1. The van der Waals surface area contributed by atoms with Crippen molar-refractivity contribution >= 4 is 29.1 Å². The van der Waals surface area contributed by atoms with E-state index in [4.69, 9.17) is 0 Å². The van der Waals surface area contributed by atoms with Gasteiger partial charge in [-0.3, -0.25) is 9.69 Å². The molecule has 1 amide bonds. The minimum Gasteiger partial charge on any atom is -0.354 e. The van der Waals surface area contributed by atoms with E-state index >= 15 is 0 Å². The number of nitrogens with one attached hydrogen (secondary N) is 2. The fraction of sp³-hybridized carbons (Fsp3) is 0.323. The summed E-state index contributed by atoms with van der Waals surface area (Å²) in [5.41, 5.74) is 6.51. The summed E-state index contributed by atoms with van der Waals surface area (Å²) in [4.78, 5) is 17.8. The van der Waals surface area contributed by atoms with E-state index in [0.717, 1.165) is 42.3 Å². The van der Waals surface area contributed by atoms with Gasteiger partial charge in [-0.05, 0) is 69.1 Å². The van der Waals surface area contributed by atoms with Crippen LogP contribution in [-0.4, -0.2) is 30.4 Å². The van der Waals surface area contributed by atoms with Crippen molar-refractivity contribution in [1.82, 2.24) is 10.2 Å². The van der Waals surface area contributed by atoms with Crippen LogP contribution < -0.4 is 10.6 Å². The number of allylic oxidation sites excluding steroid dienone is 1. The number of hydrogen-bond donors (Lipinski definition) is 2. The highest BCUT2D eigenvalue weighted by Crippen LogP contribution is 2.42. The molecule has 4 rings (SSSR count). The van der Waals surface area contributed by atoms with Gasteiger partial charge in [-0.25, -0.2) is 0 Å². The molecular weight excluding hydrogens is 462 g/mol. The number of anilines is 1. The van der Waals surface area contributed by atoms with Crippen LogP contribution >= 0.6 is 11.8 Å². The number of nitrogens with zero attached hydrogens (tertiary/aromatic N) is 1. The molecule has 4 nitrogen and oxygen atoms in total. The molecule has 0 saturated heterocycles. The monoisotopic (exact) mass is 499 g/mol. The minimum absolute atomic E-state index is 0.0209. The SMILES string of the molecule is CC=C1Nc2cc(C(=O)NCCCN(CCCC)Cc3ccccc3)ccc2Sc2ccc(C)cc21. The number of rotatable bonds is 10. The van der Waals surface area contributed by atoms with Crippen LogP contribution in [-0.2, 0) is 6.54 Å². The van der Waals surface area contributed by atoms with Gasteiger partial charge in [0.15, 0.2) is 0 Å². The van der Waals surface area contributed by atoms with Crippen LogP contribution in [0.15, 0.2) is 82.6 Å². The summed E-state index contributed by atoms with van der Waals surface area (Å²) in [6.07, 6.45) is 5.41. The molecule has 5 heteroatoms. The lowest BCUT2D eigenvalue weighted by Gasteiger charge is -2.22. The lowest BCUT2D eigenvalue weighted by molar-refractivity contribution is 0.0951. The molecule has 0 bridgehead atoms. The molecule has 0 spiro atoms. The Morgan fingerprint density at radius 3 is 2.56 bits per heavy atom. The molecule has 0 saturated carbocycles. The Bertz CT molecular complexity index is 1210. The first-order valence-electron chi connectivity index (χ1n) is 13.0. The molecule has 0 aromatic heterocycles. The highest BCUT2D eigenvalue weighted by molar-refractivity contribution is 7.99. The van der Waals surface area contributed by atoms with Crippen LogP contribution in [0.5, 0.6) is 0 Å². The maximum absolute atomic E-state index is 13.0. The van der Waals surface area contributed by atoms with Gasteiger partial charge in [0.25, 0.3) is 5.91 Å². The largest absolute Gasteiger partial charge is 0.354 e. The van der Waals surface area contributed by atoms with Crippen molar-refractivity contribution < 1.29 is 4.79 Å². The number of hydrogen-bond acceptors (Lipinski definition) is 4. The zero-order valence-corrected chi connectivity index (χ0v) is 22.5. The van der Waals surface area contributed by atoms with Gasteiger partial charge in [-0.1, -0.05) is 73.1 Å². The third-order valence-corrected chi connectivity index (χ3v) is 7.61. The Kier molecular flexibility index (Phi) is 9.26. The number of carbonyl (C=O) groups is 1. The van der Waals surface area contributed by atoms with Crippen molar-refractivity contribution in [2.75, 3.05) is 25.0 Å². The first-order valence-corrected chi connectivity index (χ1v) is 13.8. The predicted molar refractivity (Wildman–Crippen MR) is 153 cm³/mol. The van der Waals surface area contributed by atoms with E-state index in [0.29, 0.717) is 12.1 Å². The number of carbonyl (C=O) groups excluding carboxylic acids is 1. The van der Waals surface area contributed by atoms with Gasteiger partial charge in [0, 0.05) is 46.2 Å².